The molecule has 1 rings (SSSR count). The molecule has 6 heteroatoms. The number of hydrogen-bond donors (Lipinski definition) is 0. The highest BCUT2D eigenvalue weighted by Crippen LogP contribution is 2.15. The van der Waals surface area contributed by atoms with Gasteiger partial charge in [-0.1, -0.05) is 28.1 Å². The molecular formula is C9H8BrFO3S. The first kappa shape index (κ1) is 12.3. The fraction of sp³-hybridized carbons (Fsp3) is 0.222. The summed E-state index contributed by atoms with van der Waals surface area (Å²) in [5.74, 6) is -1.24. The first-order chi connectivity index (χ1) is 6.82. The molecule has 0 aliphatic rings. The minimum atomic E-state index is -3.52. The van der Waals surface area contributed by atoms with Crippen molar-refractivity contribution in [3.63, 3.8) is 0 Å². The smallest absolute Gasteiger partial charge is 0.191 e. The van der Waals surface area contributed by atoms with Gasteiger partial charge in [-0.2, -0.15) is 0 Å². The summed E-state index contributed by atoms with van der Waals surface area (Å²) in [7, 11) is -3.52. The van der Waals surface area contributed by atoms with Crippen LogP contribution in [-0.2, 0) is 9.84 Å². The summed E-state index contributed by atoms with van der Waals surface area (Å²) in [5.41, 5.74) is 0.0299. The maximum absolute atomic E-state index is 12.8. The van der Waals surface area contributed by atoms with Crippen molar-refractivity contribution in [2.45, 2.75) is 4.16 Å². The lowest BCUT2D eigenvalue weighted by atomic mass is 10.1. The van der Waals surface area contributed by atoms with Crippen molar-refractivity contribution in [1.29, 1.82) is 0 Å². The van der Waals surface area contributed by atoms with Crippen LogP contribution in [-0.4, -0.2) is 24.6 Å². The zero-order valence-electron chi connectivity index (χ0n) is 7.78. The van der Waals surface area contributed by atoms with Gasteiger partial charge in [-0.05, 0) is 12.1 Å². The molecule has 1 aromatic carbocycles. The summed E-state index contributed by atoms with van der Waals surface area (Å²) in [4.78, 5) is 11.6. The number of carbonyl (C=O) groups is 1. The van der Waals surface area contributed by atoms with Crippen molar-refractivity contribution in [2.24, 2.45) is 0 Å². The number of carbonyl (C=O) groups excluding carboxylic acids is 1. The van der Waals surface area contributed by atoms with Crippen molar-refractivity contribution in [3.8, 4) is 0 Å². The van der Waals surface area contributed by atoms with Gasteiger partial charge in [0.05, 0.1) is 0 Å². The van der Waals surface area contributed by atoms with Crippen molar-refractivity contribution in [2.75, 3.05) is 6.26 Å². The lowest BCUT2D eigenvalue weighted by Crippen LogP contribution is -2.23. The zero-order valence-corrected chi connectivity index (χ0v) is 10.2. The number of benzene rings is 1. The topological polar surface area (TPSA) is 51.2 Å². The van der Waals surface area contributed by atoms with E-state index in [-0.39, 0.29) is 5.56 Å². The molecule has 0 saturated heterocycles. The summed E-state index contributed by atoms with van der Waals surface area (Å²) in [6.45, 7) is 0. The van der Waals surface area contributed by atoms with E-state index in [0.29, 0.717) is 0 Å². The van der Waals surface area contributed by atoms with Crippen LogP contribution in [0.25, 0.3) is 0 Å². The number of ketones is 1. The van der Waals surface area contributed by atoms with Gasteiger partial charge in [0, 0.05) is 11.8 Å². The van der Waals surface area contributed by atoms with Gasteiger partial charge < -0.3 is 0 Å². The van der Waals surface area contributed by atoms with Gasteiger partial charge in [0.2, 0.25) is 0 Å². The third-order valence-corrected chi connectivity index (χ3v) is 5.11. The predicted octanol–water partition coefficient (Wildman–Crippen LogP) is 1.77. The van der Waals surface area contributed by atoms with E-state index in [4.69, 9.17) is 0 Å². The number of Topliss-reactive ketones (excluding diaryl/α,β-unsaturated/α-hetero) is 1. The van der Waals surface area contributed by atoms with Gasteiger partial charge in [-0.3, -0.25) is 4.79 Å². The van der Waals surface area contributed by atoms with E-state index < -0.39 is 25.6 Å². The molecular weight excluding hydrogens is 287 g/mol. The highest BCUT2D eigenvalue weighted by Gasteiger charge is 2.26. The molecule has 1 unspecified atom stereocenters. The second-order valence-electron chi connectivity index (χ2n) is 3.02. The van der Waals surface area contributed by atoms with E-state index in [1.807, 2.05) is 0 Å². The quantitative estimate of drug-likeness (QED) is 0.631. The first-order valence-electron chi connectivity index (χ1n) is 3.95. The normalized spacial score (nSPS) is 13.5. The van der Waals surface area contributed by atoms with Crippen molar-refractivity contribution in [3.05, 3.63) is 35.6 Å². The van der Waals surface area contributed by atoms with Gasteiger partial charge >= 0.3 is 0 Å². The minimum absolute atomic E-state index is 0.0299. The van der Waals surface area contributed by atoms with Crippen LogP contribution in [0, 0.1) is 5.82 Å². The molecule has 0 heterocycles. The average molecular weight is 295 g/mol. The number of alkyl halides is 1. The predicted molar refractivity (Wildman–Crippen MR) is 58.3 cm³/mol. The Hall–Kier alpha value is -0.750. The number of rotatable bonds is 3. The molecule has 0 aromatic heterocycles. The Morgan fingerprint density at radius 2 is 2.07 bits per heavy atom. The van der Waals surface area contributed by atoms with Gasteiger partial charge in [-0.15, -0.1) is 0 Å². The van der Waals surface area contributed by atoms with Crippen LogP contribution < -0.4 is 0 Å². The molecule has 1 atom stereocenters. The molecule has 0 N–H and O–H groups in total. The SMILES string of the molecule is CS(=O)(=O)C(Br)C(=O)c1cccc(F)c1. The van der Waals surface area contributed by atoms with Gasteiger partial charge in [0.1, 0.15) is 5.82 Å². The highest BCUT2D eigenvalue weighted by atomic mass is 79.9. The Morgan fingerprint density at radius 1 is 1.47 bits per heavy atom. The standard InChI is InChI=1S/C9H8BrFO3S/c1-15(13,14)9(10)8(12)6-3-2-4-7(11)5-6/h2-5,9H,1H3. The van der Waals surface area contributed by atoms with Crippen molar-refractivity contribution >= 4 is 31.6 Å². The third kappa shape index (κ3) is 3.10. The molecule has 0 amide bonds. The molecule has 0 bridgehead atoms. The van der Waals surface area contributed by atoms with Gasteiger partial charge in [-0.25, -0.2) is 12.8 Å². The summed E-state index contributed by atoms with van der Waals surface area (Å²) in [5, 5.41) is 0. The molecule has 82 valence electrons. The molecule has 0 radical (unpaired) electrons. The van der Waals surface area contributed by atoms with Gasteiger partial charge in [0.25, 0.3) is 0 Å². The largest absolute Gasteiger partial charge is 0.292 e. The van der Waals surface area contributed by atoms with E-state index in [0.717, 1.165) is 12.3 Å². The monoisotopic (exact) mass is 294 g/mol. The Kier molecular flexibility index (Phi) is 3.62. The van der Waals surface area contributed by atoms with Crippen molar-refractivity contribution in [1.82, 2.24) is 0 Å². The molecule has 1 aromatic rings. The summed E-state index contributed by atoms with van der Waals surface area (Å²) in [6.07, 6.45) is 0.934. The second kappa shape index (κ2) is 4.40. The van der Waals surface area contributed by atoms with Crippen LogP contribution in [0.15, 0.2) is 24.3 Å². The lowest BCUT2D eigenvalue weighted by Gasteiger charge is -2.06. The van der Waals surface area contributed by atoms with E-state index in [1.165, 1.54) is 18.2 Å². The summed E-state index contributed by atoms with van der Waals surface area (Å²) < 4.78 is 33.6. The van der Waals surface area contributed by atoms with E-state index in [1.54, 1.807) is 0 Å². The van der Waals surface area contributed by atoms with Crippen LogP contribution >= 0.6 is 15.9 Å². The van der Waals surface area contributed by atoms with Crippen LogP contribution in [0.3, 0.4) is 0 Å². The van der Waals surface area contributed by atoms with Crippen LogP contribution in [0.2, 0.25) is 0 Å². The van der Waals surface area contributed by atoms with E-state index >= 15 is 0 Å². The van der Waals surface area contributed by atoms with Gasteiger partial charge in [0.15, 0.2) is 19.8 Å². The minimum Gasteiger partial charge on any atom is -0.292 e. The lowest BCUT2D eigenvalue weighted by molar-refractivity contribution is 0.101. The molecule has 0 saturated carbocycles. The Morgan fingerprint density at radius 3 is 2.53 bits per heavy atom. The maximum Gasteiger partial charge on any atom is 0.191 e. The highest BCUT2D eigenvalue weighted by molar-refractivity contribution is 9.11. The number of sulfone groups is 1. The van der Waals surface area contributed by atoms with E-state index in [9.17, 15) is 17.6 Å². The Labute approximate surface area is 95.3 Å². The molecule has 0 fully saturated rings. The average Bonchev–Trinajstić information content (AvgIpc) is 2.14. The fourth-order valence-corrected chi connectivity index (χ4v) is 1.76. The summed E-state index contributed by atoms with van der Waals surface area (Å²) in [6, 6.07) is 4.90. The zero-order chi connectivity index (χ0) is 11.6. The Bertz CT molecular complexity index is 484. The summed E-state index contributed by atoms with van der Waals surface area (Å²) >= 11 is 2.77. The van der Waals surface area contributed by atoms with Crippen LogP contribution in [0.5, 0.6) is 0 Å². The molecule has 0 aliphatic carbocycles. The fourth-order valence-electron chi connectivity index (χ4n) is 0.967. The first-order valence-corrected chi connectivity index (χ1v) is 6.82. The number of hydrogen-bond acceptors (Lipinski definition) is 3. The molecule has 15 heavy (non-hydrogen) atoms. The molecule has 0 aliphatic heterocycles. The Balaban J connectivity index is 3.06. The molecule has 3 nitrogen and oxygen atoms in total. The number of halogens is 2. The second-order valence-corrected chi connectivity index (χ2v) is 6.67. The third-order valence-electron chi connectivity index (χ3n) is 1.69. The maximum atomic E-state index is 12.8. The van der Waals surface area contributed by atoms with Crippen LogP contribution in [0.1, 0.15) is 10.4 Å². The molecule has 0 spiro atoms. The van der Waals surface area contributed by atoms with E-state index in [2.05, 4.69) is 15.9 Å². The van der Waals surface area contributed by atoms with Crippen molar-refractivity contribution < 1.29 is 17.6 Å². The van der Waals surface area contributed by atoms with Crippen LogP contribution in [0.4, 0.5) is 4.39 Å².